The molecule has 1 aromatic heterocycles. The first-order chi connectivity index (χ1) is 12.8. The average Bonchev–Trinajstić information content (AvgIpc) is 3.20. The summed E-state index contributed by atoms with van der Waals surface area (Å²) in [5.74, 6) is 1.07. The first-order valence-electron chi connectivity index (χ1n) is 7.92. The first-order valence-corrected chi connectivity index (χ1v) is 7.92. The molecule has 6 nitrogen and oxygen atoms in total. The predicted molar refractivity (Wildman–Crippen MR) is 91.2 cm³/mol. The van der Waals surface area contributed by atoms with E-state index in [-0.39, 0.29) is 23.8 Å². The third-order valence-electron chi connectivity index (χ3n) is 4.11. The quantitative estimate of drug-likeness (QED) is 0.713. The van der Waals surface area contributed by atoms with Crippen molar-refractivity contribution in [2.24, 2.45) is 7.05 Å². The molecule has 2 heterocycles. The van der Waals surface area contributed by atoms with E-state index in [0.29, 0.717) is 22.9 Å². The van der Waals surface area contributed by atoms with Gasteiger partial charge in [-0.2, -0.15) is 18.3 Å². The Kier molecular flexibility index (Phi) is 3.87. The minimum absolute atomic E-state index is 0.0388. The predicted octanol–water partition coefficient (Wildman–Crippen LogP) is 4.28. The number of fused-ring (bicyclic) bond motifs is 1. The van der Waals surface area contributed by atoms with E-state index in [0.717, 1.165) is 10.7 Å². The van der Waals surface area contributed by atoms with Crippen LogP contribution >= 0.6 is 0 Å². The van der Waals surface area contributed by atoms with E-state index in [2.05, 4.69) is 10.4 Å². The van der Waals surface area contributed by atoms with Crippen molar-refractivity contribution in [2.45, 2.75) is 6.18 Å². The number of hydrogen-bond acceptors (Lipinski definition) is 5. The Bertz CT molecular complexity index is 1010. The summed E-state index contributed by atoms with van der Waals surface area (Å²) in [6.45, 7) is 0.165. The van der Waals surface area contributed by atoms with Gasteiger partial charge in [0.25, 0.3) is 0 Å². The molecule has 0 spiro atoms. The summed E-state index contributed by atoms with van der Waals surface area (Å²) in [5.41, 5.74) is 0.624. The number of hydrogen-bond donors (Lipinski definition) is 2. The first kappa shape index (κ1) is 17.1. The van der Waals surface area contributed by atoms with Crippen molar-refractivity contribution in [1.29, 1.82) is 0 Å². The van der Waals surface area contributed by atoms with Gasteiger partial charge in [0.15, 0.2) is 11.5 Å². The molecule has 27 heavy (non-hydrogen) atoms. The summed E-state index contributed by atoms with van der Waals surface area (Å²) >= 11 is 0. The zero-order valence-corrected chi connectivity index (χ0v) is 14.0. The second-order valence-corrected chi connectivity index (χ2v) is 5.96. The van der Waals surface area contributed by atoms with Gasteiger partial charge in [0.2, 0.25) is 6.79 Å². The number of aryl methyl sites for hydroxylation is 1. The van der Waals surface area contributed by atoms with Gasteiger partial charge in [-0.1, -0.05) is 0 Å². The third-order valence-corrected chi connectivity index (χ3v) is 4.11. The van der Waals surface area contributed by atoms with Crippen molar-refractivity contribution in [3.8, 4) is 28.5 Å². The molecular weight excluding hydrogens is 363 g/mol. The highest BCUT2D eigenvalue weighted by atomic mass is 19.4. The van der Waals surface area contributed by atoms with Gasteiger partial charge in [0.1, 0.15) is 11.4 Å². The Morgan fingerprint density at radius 2 is 1.74 bits per heavy atom. The summed E-state index contributed by atoms with van der Waals surface area (Å²) in [6, 6.07) is 10.8. The lowest BCUT2D eigenvalue weighted by Gasteiger charge is -2.09. The van der Waals surface area contributed by atoms with E-state index >= 15 is 0 Å². The largest absolute Gasteiger partial charge is 0.507 e. The molecule has 1 aliphatic heterocycles. The van der Waals surface area contributed by atoms with Crippen LogP contribution in [0.5, 0.6) is 17.2 Å². The summed E-state index contributed by atoms with van der Waals surface area (Å²) in [7, 11) is 1.21. The molecule has 0 unspecified atom stereocenters. The number of rotatable bonds is 3. The minimum atomic E-state index is -4.52. The molecule has 0 fully saturated rings. The summed E-state index contributed by atoms with van der Waals surface area (Å²) in [4.78, 5) is 0. The number of nitrogens with one attached hydrogen (secondary N) is 1. The molecular formula is C18H14F3N3O3. The lowest BCUT2D eigenvalue weighted by molar-refractivity contribution is -0.143. The van der Waals surface area contributed by atoms with Gasteiger partial charge >= 0.3 is 6.18 Å². The van der Waals surface area contributed by atoms with E-state index in [1.165, 1.54) is 19.2 Å². The zero-order valence-electron chi connectivity index (χ0n) is 14.0. The molecule has 0 saturated carbocycles. The van der Waals surface area contributed by atoms with Crippen LogP contribution in [0, 0.1) is 0 Å². The molecule has 0 amide bonds. The van der Waals surface area contributed by atoms with E-state index < -0.39 is 11.9 Å². The van der Waals surface area contributed by atoms with E-state index in [4.69, 9.17) is 9.47 Å². The molecule has 4 rings (SSSR count). The SMILES string of the molecule is Cn1nc(-c2ccc(Nc3ccc4c(c3)OCO4)cc2O)cc1C(F)(F)F. The number of phenolic OH excluding ortho intramolecular Hbond substituents is 1. The van der Waals surface area contributed by atoms with Gasteiger partial charge in [-0.05, 0) is 30.3 Å². The van der Waals surface area contributed by atoms with Gasteiger partial charge in [0.05, 0.1) is 5.69 Å². The zero-order chi connectivity index (χ0) is 19.2. The minimum Gasteiger partial charge on any atom is -0.507 e. The monoisotopic (exact) mass is 377 g/mol. The van der Waals surface area contributed by atoms with Crippen LogP contribution in [-0.4, -0.2) is 21.7 Å². The van der Waals surface area contributed by atoms with E-state index in [1.54, 1.807) is 24.3 Å². The molecule has 3 aromatic rings. The van der Waals surface area contributed by atoms with E-state index in [9.17, 15) is 18.3 Å². The van der Waals surface area contributed by atoms with Crippen LogP contribution < -0.4 is 14.8 Å². The second-order valence-electron chi connectivity index (χ2n) is 5.96. The van der Waals surface area contributed by atoms with Crippen LogP contribution in [0.1, 0.15) is 5.69 Å². The lowest BCUT2D eigenvalue weighted by Crippen LogP contribution is -2.11. The number of halogens is 3. The standard InChI is InChI=1S/C18H14F3N3O3/c1-24-17(18(19,20)21)8-13(23-24)12-4-2-10(6-14(12)25)22-11-3-5-15-16(7-11)27-9-26-15/h2-8,22,25H,9H2,1H3. The fourth-order valence-electron chi connectivity index (χ4n) is 2.83. The number of aromatic nitrogens is 2. The Morgan fingerprint density at radius 3 is 2.44 bits per heavy atom. The van der Waals surface area contributed by atoms with Gasteiger partial charge in [-0.25, -0.2) is 0 Å². The van der Waals surface area contributed by atoms with Gasteiger partial charge in [-0.15, -0.1) is 0 Å². The van der Waals surface area contributed by atoms with E-state index in [1.807, 2.05) is 0 Å². The lowest BCUT2D eigenvalue weighted by atomic mass is 10.1. The molecule has 140 valence electrons. The average molecular weight is 377 g/mol. The van der Waals surface area contributed by atoms with Crippen LogP contribution in [-0.2, 0) is 13.2 Å². The summed E-state index contributed by atoms with van der Waals surface area (Å²) in [6.07, 6.45) is -4.52. The van der Waals surface area contributed by atoms with Crippen molar-refractivity contribution in [2.75, 3.05) is 12.1 Å². The second kappa shape index (κ2) is 6.11. The molecule has 0 atom stereocenters. The van der Waals surface area contributed by atoms with Crippen molar-refractivity contribution in [3.05, 3.63) is 48.2 Å². The fraction of sp³-hybridized carbons (Fsp3) is 0.167. The number of anilines is 2. The number of ether oxygens (including phenoxy) is 2. The van der Waals surface area contributed by atoms with Crippen molar-refractivity contribution in [3.63, 3.8) is 0 Å². The molecule has 2 aromatic carbocycles. The maximum atomic E-state index is 12.9. The van der Waals surface area contributed by atoms with Crippen LogP contribution in [0.2, 0.25) is 0 Å². The molecule has 0 radical (unpaired) electrons. The van der Waals surface area contributed by atoms with Crippen LogP contribution in [0.15, 0.2) is 42.5 Å². The Balaban J connectivity index is 1.60. The number of benzene rings is 2. The topological polar surface area (TPSA) is 68.5 Å². The molecule has 9 heteroatoms. The number of phenols is 1. The number of nitrogens with zero attached hydrogens (tertiary/aromatic N) is 2. The molecule has 2 N–H and O–H groups in total. The smallest absolute Gasteiger partial charge is 0.433 e. The summed E-state index contributed by atoms with van der Waals surface area (Å²) in [5, 5.41) is 17.2. The van der Waals surface area contributed by atoms with Crippen LogP contribution in [0.4, 0.5) is 24.5 Å². The van der Waals surface area contributed by atoms with Crippen LogP contribution in [0.25, 0.3) is 11.3 Å². The fourth-order valence-corrected chi connectivity index (χ4v) is 2.83. The highest BCUT2D eigenvalue weighted by molar-refractivity contribution is 5.73. The molecule has 0 saturated heterocycles. The van der Waals surface area contributed by atoms with Gasteiger partial charge in [-0.3, -0.25) is 4.68 Å². The normalized spacial score (nSPS) is 13.0. The highest BCUT2D eigenvalue weighted by Gasteiger charge is 2.35. The molecule has 0 bridgehead atoms. The van der Waals surface area contributed by atoms with Crippen LogP contribution in [0.3, 0.4) is 0 Å². The van der Waals surface area contributed by atoms with Crippen molar-refractivity contribution in [1.82, 2.24) is 9.78 Å². The molecule has 1 aliphatic rings. The summed E-state index contributed by atoms with van der Waals surface area (Å²) < 4.78 is 50.1. The van der Waals surface area contributed by atoms with Gasteiger partial charge < -0.3 is 19.9 Å². The Labute approximate surface area is 151 Å². The molecule has 0 aliphatic carbocycles. The Morgan fingerprint density at radius 1 is 1.04 bits per heavy atom. The van der Waals surface area contributed by atoms with Gasteiger partial charge in [0, 0.05) is 36.1 Å². The number of alkyl halides is 3. The Hall–Kier alpha value is -3.36. The highest BCUT2D eigenvalue weighted by Crippen LogP contribution is 2.38. The van der Waals surface area contributed by atoms with Crippen molar-refractivity contribution < 1.29 is 27.8 Å². The maximum Gasteiger partial charge on any atom is 0.433 e. The third kappa shape index (κ3) is 3.23. The number of aromatic hydroxyl groups is 1. The maximum absolute atomic E-state index is 12.9. The van der Waals surface area contributed by atoms with Crippen molar-refractivity contribution >= 4 is 11.4 Å².